The molecule has 0 aromatic heterocycles. The fourth-order valence-electron chi connectivity index (χ4n) is 1.33. The van der Waals surface area contributed by atoms with Crippen molar-refractivity contribution in [2.45, 2.75) is 26.3 Å². The predicted molar refractivity (Wildman–Crippen MR) is 70.9 cm³/mol. The van der Waals surface area contributed by atoms with Crippen molar-refractivity contribution < 1.29 is 9.84 Å². The Labute approximate surface area is 108 Å². The molecule has 17 heavy (non-hydrogen) atoms. The standard InChI is InChI=1S/C13H20ClNO2/c1-10-4-5-11(14)12(8-10)17-7-6-15-13(2,3)9-16/h4-5,8,15-16H,6-7,9H2,1-3H3. The fourth-order valence-corrected chi connectivity index (χ4v) is 1.50. The van der Waals surface area contributed by atoms with Crippen LogP contribution in [0.15, 0.2) is 18.2 Å². The molecule has 0 aliphatic heterocycles. The minimum absolute atomic E-state index is 0.0954. The number of aliphatic hydroxyl groups is 1. The molecule has 4 heteroatoms. The highest BCUT2D eigenvalue weighted by molar-refractivity contribution is 6.32. The Hall–Kier alpha value is -0.770. The zero-order valence-electron chi connectivity index (χ0n) is 10.6. The highest BCUT2D eigenvalue weighted by Gasteiger charge is 2.14. The number of rotatable bonds is 6. The molecule has 0 fully saturated rings. The summed E-state index contributed by atoms with van der Waals surface area (Å²) < 4.78 is 5.58. The Balaban J connectivity index is 2.38. The summed E-state index contributed by atoms with van der Waals surface area (Å²) in [6.45, 7) is 7.15. The van der Waals surface area contributed by atoms with Gasteiger partial charge in [0.2, 0.25) is 0 Å². The largest absolute Gasteiger partial charge is 0.491 e. The van der Waals surface area contributed by atoms with Crippen molar-refractivity contribution in [1.82, 2.24) is 5.32 Å². The van der Waals surface area contributed by atoms with Gasteiger partial charge in [-0.15, -0.1) is 0 Å². The molecule has 0 radical (unpaired) electrons. The van der Waals surface area contributed by atoms with Gasteiger partial charge in [0, 0.05) is 12.1 Å². The average molecular weight is 258 g/mol. The molecule has 0 saturated carbocycles. The molecule has 0 amide bonds. The lowest BCUT2D eigenvalue weighted by Gasteiger charge is -2.23. The summed E-state index contributed by atoms with van der Waals surface area (Å²) in [5, 5.41) is 12.9. The first-order chi connectivity index (χ1) is 7.94. The summed E-state index contributed by atoms with van der Waals surface area (Å²) in [5.74, 6) is 0.704. The van der Waals surface area contributed by atoms with Gasteiger partial charge in [0.15, 0.2) is 0 Å². The maximum atomic E-state index is 9.07. The van der Waals surface area contributed by atoms with Gasteiger partial charge in [-0.25, -0.2) is 0 Å². The second kappa shape index (κ2) is 6.24. The predicted octanol–water partition coefficient (Wildman–Crippen LogP) is 2.39. The summed E-state index contributed by atoms with van der Waals surface area (Å²) in [6, 6.07) is 5.69. The monoisotopic (exact) mass is 257 g/mol. The molecule has 1 aromatic rings. The van der Waals surface area contributed by atoms with Crippen LogP contribution in [0.4, 0.5) is 0 Å². The smallest absolute Gasteiger partial charge is 0.138 e. The average Bonchev–Trinajstić information content (AvgIpc) is 2.29. The maximum absolute atomic E-state index is 9.07. The topological polar surface area (TPSA) is 41.5 Å². The molecule has 1 aromatic carbocycles. The zero-order valence-corrected chi connectivity index (χ0v) is 11.3. The summed E-state index contributed by atoms with van der Waals surface area (Å²) in [5.41, 5.74) is 0.841. The summed E-state index contributed by atoms with van der Waals surface area (Å²) in [4.78, 5) is 0. The first kappa shape index (κ1) is 14.3. The number of hydrogen-bond donors (Lipinski definition) is 2. The van der Waals surface area contributed by atoms with E-state index in [1.54, 1.807) is 0 Å². The minimum Gasteiger partial charge on any atom is -0.491 e. The lowest BCUT2D eigenvalue weighted by molar-refractivity contribution is 0.180. The first-order valence-electron chi connectivity index (χ1n) is 5.69. The number of nitrogens with one attached hydrogen (secondary N) is 1. The molecule has 0 aliphatic rings. The van der Waals surface area contributed by atoms with Crippen LogP contribution in [0.2, 0.25) is 5.02 Å². The summed E-state index contributed by atoms with van der Waals surface area (Å²) in [7, 11) is 0. The van der Waals surface area contributed by atoms with Crippen LogP contribution < -0.4 is 10.1 Å². The van der Waals surface area contributed by atoms with Crippen molar-refractivity contribution >= 4 is 11.6 Å². The van der Waals surface area contributed by atoms with Crippen molar-refractivity contribution in [3.8, 4) is 5.75 Å². The number of aliphatic hydroxyl groups excluding tert-OH is 1. The molecular weight excluding hydrogens is 238 g/mol. The molecule has 0 spiro atoms. The van der Waals surface area contributed by atoms with E-state index in [0.717, 1.165) is 5.56 Å². The van der Waals surface area contributed by atoms with Crippen LogP contribution in [-0.4, -0.2) is 30.4 Å². The van der Waals surface area contributed by atoms with E-state index < -0.39 is 0 Å². The highest BCUT2D eigenvalue weighted by Crippen LogP contribution is 2.24. The van der Waals surface area contributed by atoms with Crippen LogP contribution in [0.25, 0.3) is 0 Å². The third-order valence-corrected chi connectivity index (χ3v) is 2.76. The first-order valence-corrected chi connectivity index (χ1v) is 6.07. The van der Waals surface area contributed by atoms with E-state index in [0.29, 0.717) is 23.9 Å². The minimum atomic E-state index is -0.278. The fraction of sp³-hybridized carbons (Fsp3) is 0.538. The molecule has 0 aliphatic carbocycles. The zero-order chi connectivity index (χ0) is 12.9. The Bertz CT molecular complexity index is 366. The second-order valence-electron chi connectivity index (χ2n) is 4.75. The van der Waals surface area contributed by atoms with Gasteiger partial charge in [0.1, 0.15) is 12.4 Å². The van der Waals surface area contributed by atoms with Gasteiger partial charge in [0.25, 0.3) is 0 Å². The molecule has 0 bridgehead atoms. The lowest BCUT2D eigenvalue weighted by atomic mass is 10.1. The number of ether oxygens (including phenoxy) is 1. The van der Waals surface area contributed by atoms with E-state index >= 15 is 0 Å². The van der Waals surface area contributed by atoms with Gasteiger partial charge < -0.3 is 15.2 Å². The van der Waals surface area contributed by atoms with Gasteiger partial charge in [-0.05, 0) is 38.5 Å². The van der Waals surface area contributed by atoms with Crippen LogP contribution in [-0.2, 0) is 0 Å². The van der Waals surface area contributed by atoms with Crippen LogP contribution in [0.3, 0.4) is 0 Å². The number of hydrogen-bond acceptors (Lipinski definition) is 3. The van der Waals surface area contributed by atoms with E-state index in [4.69, 9.17) is 21.4 Å². The van der Waals surface area contributed by atoms with E-state index in [1.165, 1.54) is 0 Å². The second-order valence-corrected chi connectivity index (χ2v) is 5.16. The van der Waals surface area contributed by atoms with E-state index in [1.807, 2.05) is 39.0 Å². The highest BCUT2D eigenvalue weighted by atomic mass is 35.5. The molecular formula is C13H20ClNO2. The van der Waals surface area contributed by atoms with Crippen molar-refractivity contribution in [2.24, 2.45) is 0 Å². The van der Waals surface area contributed by atoms with Gasteiger partial charge in [-0.3, -0.25) is 0 Å². The van der Waals surface area contributed by atoms with Gasteiger partial charge in [0.05, 0.1) is 11.6 Å². The SMILES string of the molecule is Cc1ccc(Cl)c(OCCNC(C)(C)CO)c1. The van der Waals surface area contributed by atoms with Crippen molar-refractivity contribution in [1.29, 1.82) is 0 Å². The van der Waals surface area contributed by atoms with Crippen LogP contribution in [0, 0.1) is 6.92 Å². The number of benzene rings is 1. The molecule has 0 atom stereocenters. The summed E-state index contributed by atoms with van der Waals surface area (Å²) >= 11 is 6.01. The van der Waals surface area contributed by atoms with Crippen LogP contribution in [0.5, 0.6) is 5.75 Å². The molecule has 96 valence electrons. The molecule has 0 heterocycles. The lowest BCUT2D eigenvalue weighted by Crippen LogP contribution is -2.44. The van der Waals surface area contributed by atoms with Gasteiger partial charge in [-0.1, -0.05) is 17.7 Å². The quantitative estimate of drug-likeness (QED) is 0.769. The third kappa shape index (κ3) is 4.94. The number of aryl methyl sites for hydroxylation is 1. The van der Waals surface area contributed by atoms with E-state index in [2.05, 4.69) is 5.32 Å². The normalized spacial score (nSPS) is 11.6. The van der Waals surface area contributed by atoms with Crippen molar-refractivity contribution in [3.05, 3.63) is 28.8 Å². The third-order valence-electron chi connectivity index (χ3n) is 2.45. The molecule has 1 rings (SSSR count). The Morgan fingerprint density at radius 1 is 1.41 bits per heavy atom. The molecule has 3 nitrogen and oxygen atoms in total. The van der Waals surface area contributed by atoms with Crippen LogP contribution >= 0.6 is 11.6 Å². The Morgan fingerprint density at radius 3 is 2.76 bits per heavy atom. The molecule has 0 unspecified atom stereocenters. The van der Waals surface area contributed by atoms with Gasteiger partial charge >= 0.3 is 0 Å². The van der Waals surface area contributed by atoms with Crippen molar-refractivity contribution in [3.63, 3.8) is 0 Å². The molecule has 2 N–H and O–H groups in total. The van der Waals surface area contributed by atoms with Crippen LogP contribution in [0.1, 0.15) is 19.4 Å². The van der Waals surface area contributed by atoms with Crippen molar-refractivity contribution in [2.75, 3.05) is 19.8 Å². The Morgan fingerprint density at radius 2 is 2.12 bits per heavy atom. The maximum Gasteiger partial charge on any atom is 0.138 e. The molecule has 0 saturated heterocycles. The summed E-state index contributed by atoms with van der Waals surface area (Å²) in [6.07, 6.45) is 0. The van der Waals surface area contributed by atoms with E-state index in [-0.39, 0.29) is 12.1 Å². The van der Waals surface area contributed by atoms with Gasteiger partial charge in [-0.2, -0.15) is 0 Å². The van der Waals surface area contributed by atoms with E-state index in [9.17, 15) is 0 Å². The Kier molecular flexibility index (Phi) is 5.25. The number of halogens is 1.